The van der Waals surface area contributed by atoms with E-state index in [1.807, 2.05) is 50.3 Å². The van der Waals surface area contributed by atoms with Crippen LogP contribution in [0, 0.1) is 5.82 Å². The SMILES string of the molecule is CN=C(NCC(c1cccc(F)c1)N(C)C)N(C)Cc1ccc(OC)cc1OC. The van der Waals surface area contributed by atoms with Crippen LogP contribution in [0.5, 0.6) is 11.5 Å². The topological polar surface area (TPSA) is 49.3 Å². The Bertz CT molecular complexity index is 826. The molecule has 6 nitrogen and oxygen atoms in total. The molecular formula is C22H31FN4O2. The van der Waals surface area contributed by atoms with Crippen molar-refractivity contribution in [3.8, 4) is 11.5 Å². The van der Waals surface area contributed by atoms with E-state index in [0.717, 1.165) is 28.6 Å². The quantitative estimate of drug-likeness (QED) is 0.543. The summed E-state index contributed by atoms with van der Waals surface area (Å²) in [5.41, 5.74) is 1.94. The number of halogens is 1. The van der Waals surface area contributed by atoms with Crippen LogP contribution in [0.25, 0.3) is 0 Å². The van der Waals surface area contributed by atoms with Crippen LogP contribution in [0.3, 0.4) is 0 Å². The molecule has 0 spiro atoms. The van der Waals surface area contributed by atoms with Crippen LogP contribution in [-0.4, -0.2) is 64.7 Å². The molecule has 0 amide bonds. The average molecular weight is 403 g/mol. The van der Waals surface area contributed by atoms with Gasteiger partial charge in [-0.1, -0.05) is 12.1 Å². The number of aliphatic imine (C=N–C) groups is 1. The monoisotopic (exact) mass is 402 g/mol. The van der Waals surface area contributed by atoms with E-state index in [1.165, 1.54) is 6.07 Å². The molecule has 0 heterocycles. The number of guanidine groups is 1. The van der Waals surface area contributed by atoms with Gasteiger partial charge in [-0.25, -0.2) is 4.39 Å². The number of hydrogen-bond donors (Lipinski definition) is 1. The van der Waals surface area contributed by atoms with Crippen LogP contribution in [0.1, 0.15) is 17.2 Å². The van der Waals surface area contributed by atoms with Gasteiger partial charge in [-0.2, -0.15) is 0 Å². The summed E-state index contributed by atoms with van der Waals surface area (Å²) < 4.78 is 24.4. The molecule has 0 saturated carbocycles. The van der Waals surface area contributed by atoms with Crippen LogP contribution < -0.4 is 14.8 Å². The second-order valence-electron chi connectivity index (χ2n) is 7.00. The zero-order valence-electron chi connectivity index (χ0n) is 18.1. The van der Waals surface area contributed by atoms with Crippen LogP contribution in [0.15, 0.2) is 47.5 Å². The summed E-state index contributed by atoms with van der Waals surface area (Å²) in [5, 5.41) is 3.40. The molecule has 0 fully saturated rings. The van der Waals surface area contributed by atoms with Crippen LogP contribution in [0.2, 0.25) is 0 Å². The fourth-order valence-electron chi connectivity index (χ4n) is 3.20. The number of benzene rings is 2. The van der Waals surface area contributed by atoms with Crippen molar-refractivity contribution in [2.45, 2.75) is 12.6 Å². The van der Waals surface area contributed by atoms with Crippen molar-refractivity contribution in [1.29, 1.82) is 0 Å². The van der Waals surface area contributed by atoms with Gasteiger partial charge in [0, 0.05) is 38.8 Å². The highest BCUT2D eigenvalue weighted by Gasteiger charge is 2.17. The number of nitrogens with one attached hydrogen (secondary N) is 1. The molecule has 158 valence electrons. The molecule has 0 radical (unpaired) electrons. The molecule has 1 unspecified atom stereocenters. The van der Waals surface area contributed by atoms with E-state index in [-0.39, 0.29) is 11.9 Å². The standard InChI is InChI=1S/C22H31FN4O2/c1-24-22(25-14-20(26(2)3)16-8-7-9-18(23)12-16)27(4)15-17-10-11-19(28-5)13-21(17)29-6/h7-13,20H,14-15H2,1-6H3,(H,24,25). The fourth-order valence-corrected chi connectivity index (χ4v) is 3.20. The van der Waals surface area contributed by atoms with Gasteiger partial charge in [0.15, 0.2) is 5.96 Å². The lowest BCUT2D eigenvalue weighted by Gasteiger charge is -2.28. The molecule has 2 rings (SSSR count). The summed E-state index contributed by atoms with van der Waals surface area (Å²) in [4.78, 5) is 8.46. The Morgan fingerprint density at radius 1 is 1.10 bits per heavy atom. The Morgan fingerprint density at radius 2 is 1.86 bits per heavy atom. The maximum atomic E-state index is 13.7. The van der Waals surface area contributed by atoms with E-state index in [2.05, 4.69) is 15.2 Å². The number of nitrogens with zero attached hydrogens (tertiary/aromatic N) is 3. The first-order chi connectivity index (χ1) is 13.9. The third kappa shape index (κ3) is 6.09. The molecule has 0 bridgehead atoms. The van der Waals surface area contributed by atoms with Gasteiger partial charge in [0.05, 0.1) is 20.3 Å². The van der Waals surface area contributed by atoms with E-state index >= 15 is 0 Å². The number of hydrogen-bond acceptors (Lipinski definition) is 4. The van der Waals surface area contributed by atoms with E-state index in [4.69, 9.17) is 9.47 Å². The van der Waals surface area contributed by atoms with E-state index in [9.17, 15) is 4.39 Å². The highest BCUT2D eigenvalue weighted by atomic mass is 19.1. The highest BCUT2D eigenvalue weighted by molar-refractivity contribution is 5.79. The third-order valence-corrected chi connectivity index (χ3v) is 4.79. The molecule has 0 aliphatic rings. The number of likely N-dealkylation sites (N-methyl/N-ethyl adjacent to an activating group) is 1. The summed E-state index contributed by atoms with van der Waals surface area (Å²) in [7, 11) is 10.9. The van der Waals surface area contributed by atoms with E-state index < -0.39 is 0 Å². The van der Waals surface area contributed by atoms with Crippen LogP contribution in [-0.2, 0) is 6.54 Å². The van der Waals surface area contributed by atoms with Gasteiger partial charge in [0.2, 0.25) is 0 Å². The minimum atomic E-state index is -0.234. The maximum absolute atomic E-state index is 13.7. The molecule has 7 heteroatoms. The van der Waals surface area contributed by atoms with Gasteiger partial charge in [-0.15, -0.1) is 0 Å². The molecule has 29 heavy (non-hydrogen) atoms. The molecule has 1 N–H and O–H groups in total. The Kier molecular flexibility index (Phi) is 8.27. The normalized spacial score (nSPS) is 12.6. The van der Waals surface area contributed by atoms with Gasteiger partial charge < -0.3 is 24.6 Å². The smallest absolute Gasteiger partial charge is 0.193 e. The molecule has 1 atom stereocenters. The van der Waals surface area contributed by atoms with Crippen molar-refractivity contribution in [3.05, 3.63) is 59.4 Å². The summed E-state index contributed by atoms with van der Waals surface area (Å²) >= 11 is 0. The zero-order valence-corrected chi connectivity index (χ0v) is 18.1. The highest BCUT2D eigenvalue weighted by Crippen LogP contribution is 2.25. The van der Waals surface area contributed by atoms with Crippen molar-refractivity contribution in [1.82, 2.24) is 15.1 Å². The van der Waals surface area contributed by atoms with Crippen molar-refractivity contribution >= 4 is 5.96 Å². The van der Waals surface area contributed by atoms with Crippen molar-refractivity contribution in [2.24, 2.45) is 4.99 Å². The zero-order chi connectivity index (χ0) is 21.4. The van der Waals surface area contributed by atoms with Crippen molar-refractivity contribution in [3.63, 3.8) is 0 Å². The molecule has 2 aromatic carbocycles. The van der Waals surface area contributed by atoms with Gasteiger partial charge in [-0.05, 0) is 43.9 Å². The molecule has 2 aromatic rings. The minimum absolute atomic E-state index is 0.00590. The second kappa shape index (κ2) is 10.7. The Morgan fingerprint density at radius 3 is 2.45 bits per heavy atom. The lowest BCUT2D eigenvalue weighted by Crippen LogP contribution is -2.42. The first kappa shape index (κ1) is 22.5. The lowest BCUT2D eigenvalue weighted by atomic mass is 10.1. The maximum Gasteiger partial charge on any atom is 0.193 e. The van der Waals surface area contributed by atoms with E-state index in [0.29, 0.717) is 13.1 Å². The van der Waals surface area contributed by atoms with Crippen LogP contribution >= 0.6 is 0 Å². The van der Waals surface area contributed by atoms with Gasteiger partial charge in [-0.3, -0.25) is 4.99 Å². The predicted octanol–water partition coefficient (Wildman–Crippen LogP) is 3.15. The summed E-state index contributed by atoms with van der Waals surface area (Å²) in [6, 6.07) is 12.5. The van der Waals surface area contributed by atoms with Gasteiger partial charge >= 0.3 is 0 Å². The lowest BCUT2D eigenvalue weighted by molar-refractivity contribution is 0.294. The second-order valence-corrected chi connectivity index (χ2v) is 7.00. The van der Waals surface area contributed by atoms with Crippen molar-refractivity contribution < 1.29 is 13.9 Å². The first-order valence-electron chi connectivity index (χ1n) is 9.44. The largest absolute Gasteiger partial charge is 0.497 e. The molecule has 0 aliphatic heterocycles. The fraction of sp³-hybridized carbons (Fsp3) is 0.409. The number of ether oxygens (including phenoxy) is 2. The molecule has 0 saturated heterocycles. The summed E-state index contributed by atoms with van der Waals surface area (Å²) in [6.07, 6.45) is 0. The number of rotatable bonds is 8. The third-order valence-electron chi connectivity index (χ3n) is 4.79. The first-order valence-corrected chi connectivity index (χ1v) is 9.44. The minimum Gasteiger partial charge on any atom is -0.497 e. The Hall–Kier alpha value is -2.80. The molecular weight excluding hydrogens is 371 g/mol. The number of methoxy groups -OCH3 is 2. The van der Waals surface area contributed by atoms with Crippen molar-refractivity contribution in [2.75, 3.05) is 49.0 Å². The predicted molar refractivity (Wildman–Crippen MR) is 115 cm³/mol. The summed E-state index contributed by atoms with van der Waals surface area (Å²) in [5.74, 6) is 2.02. The molecule has 0 aromatic heterocycles. The summed E-state index contributed by atoms with van der Waals surface area (Å²) in [6.45, 7) is 1.20. The average Bonchev–Trinajstić information content (AvgIpc) is 2.71. The van der Waals surface area contributed by atoms with Crippen LogP contribution in [0.4, 0.5) is 4.39 Å². The van der Waals surface area contributed by atoms with E-state index in [1.54, 1.807) is 33.4 Å². The molecule has 0 aliphatic carbocycles. The van der Waals surface area contributed by atoms with Gasteiger partial charge in [0.25, 0.3) is 0 Å². The Labute approximate surface area is 172 Å². The Balaban J connectivity index is 2.09. The van der Waals surface area contributed by atoms with Gasteiger partial charge in [0.1, 0.15) is 17.3 Å².